The fraction of sp³-hybridized carbons (Fsp3) is 0.529. The lowest BCUT2D eigenvalue weighted by molar-refractivity contribution is 0.0295. The summed E-state index contributed by atoms with van der Waals surface area (Å²) in [5.74, 6) is 0.623. The van der Waals surface area contributed by atoms with Crippen molar-refractivity contribution < 1.29 is 9.53 Å². The van der Waals surface area contributed by atoms with Gasteiger partial charge in [-0.1, -0.05) is 6.92 Å². The second kappa shape index (κ2) is 5.74. The molecule has 0 saturated carbocycles. The molecule has 4 heterocycles. The van der Waals surface area contributed by atoms with Crippen LogP contribution in [-0.2, 0) is 11.2 Å². The number of aryl methyl sites for hydroxylation is 1. The quantitative estimate of drug-likeness (QED) is 0.668. The maximum atomic E-state index is 12.7. The van der Waals surface area contributed by atoms with Gasteiger partial charge in [0.05, 0.1) is 18.6 Å². The predicted molar refractivity (Wildman–Crippen MR) is 94.2 cm³/mol. The summed E-state index contributed by atoms with van der Waals surface area (Å²) in [6.07, 6.45) is 5.20. The number of rotatable bonds is 1. The number of ether oxygens (including phenoxy) is 1. The second-order valence-electron chi connectivity index (χ2n) is 6.77. The number of fused-ring (bicyclic) bond motifs is 5. The van der Waals surface area contributed by atoms with Gasteiger partial charge in [0.1, 0.15) is 11.2 Å². The van der Waals surface area contributed by atoms with Crippen molar-refractivity contribution >= 4 is 33.1 Å². The van der Waals surface area contributed by atoms with Gasteiger partial charge in [-0.15, -0.1) is 16.4 Å². The number of carbonyl (C=O) groups is 1. The number of hydrogen-bond donors (Lipinski definition) is 0. The largest absolute Gasteiger partial charge is 0.378 e. The van der Waals surface area contributed by atoms with Crippen LogP contribution in [0.3, 0.4) is 0 Å². The van der Waals surface area contributed by atoms with Crippen molar-refractivity contribution in [1.29, 1.82) is 0 Å². The van der Waals surface area contributed by atoms with Gasteiger partial charge >= 0.3 is 0 Å². The predicted octanol–water partition coefficient (Wildman–Crippen LogP) is 2.25. The van der Waals surface area contributed by atoms with Gasteiger partial charge in [-0.2, -0.15) is 0 Å². The second-order valence-corrected chi connectivity index (χ2v) is 7.85. The van der Waals surface area contributed by atoms with E-state index < -0.39 is 0 Å². The Morgan fingerprint density at radius 3 is 3.04 bits per heavy atom. The van der Waals surface area contributed by atoms with Crippen LogP contribution in [0, 0.1) is 0 Å². The van der Waals surface area contributed by atoms with Gasteiger partial charge in [0.2, 0.25) is 5.82 Å². The SMILES string of the molecule is C[C@H]1CCCc2sc3ncn4nc(C(=O)N5CCOCC5)nc4c3c21. The lowest BCUT2D eigenvalue weighted by Crippen LogP contribution is -2.41. The van der Waals surface area contributed by atoms with Crippen LogP contribution in [0.25, 0.3) is 15.9 Å². The first-order valence-corrected chi connectivity index (χ1v) is 9.57. The fourth-order valence-corrected chi connectivity index (χ4v) is 5.18. The molecule has 0 spiro atoms. The van der Waals surface area contributed by atoms with Crippen molar-refractivity contribution in [3.05, 3.63) is 22.6 Å². The van der Waals surface area contributed by atoms with E-state index in [9.17, 15) is 4.79 Å². The van der Waals surface area contributed by atoms with Crippen LogP contribution in [0.1, 0.15) is 46.7 Å². The van der Waals surface area contributed by atoms with Crippen LogP contribution in [0.5, 0.6) is 0 Å². The Balaban J connectivity index is 1.65. The zero-order chi connectivity index (χ0) is 17.0. The van der Waals surface area contributed by atoms with E-state index in [1.165, 1.54) is 23.3 Å². The van der Waals surface area contributed by atoms with Crippen molar-refractivity contribution in [3.8, 4) is 0 Å². The molecule has 0 radical (unpaired) electrons. The van der Waals surface area contributed by atoms with E-state index in [-0.39, 0.29) is 11.7 Å². The summed E-state index contributed by atoms with van der Waals surface area (Å²) < 4.78 is 6.97. The molecule has 1 fully saturated rings. The van der Waals surface area contributed by atoms with Crippen molar-refractivity contribution in [2.75, 3.05) is 26.3 Å². The summed E-state index contributed by atoms with van der Waals surface area (Å²) in [5.41, 5.74) is 2.12. The molecule has 7 nitrogen and oxygen atoms in total. The number of aromatic nitrogens is 4. The van der Waals surface area contributed by atoms with E-state index in [1.807, 2.05) is 0 Å². The molecule has 1 atom stereocenters. The normalized spacial score (nSPS) is 21.0. The summed E-state index contributed by atoms with van der Waals surface area (Å²) in [5, 5.41) is 5.49. The molecule has 5 rings (SSSR count). The van der Waals surface area contributed by atoms with Gasteiger partial charge in [-0.25, -0.2) is 14.5 Å². The minimum absolute atomic E-state index is 0.128. The molecule has 1 aliphatic carbocycles. The van der Waals surface area contributed by atoms with Gasteiger partial charge < -0.3 is 9.64 Å². The van der Waals surface area contributed by atoms with Gasteiger partial charge in [0.15, 0.2) is 5.65 Å². The van der Waals surface area contributed by atoms with Crippen LogP contribution >= 0.6 is 11.3 Å². The van der Waals surface area contributed by atoms with Crippen LogP contribution in [-0.4, -0.2) is 56.7 Å². The maximum absolute atomic E-state index is 12.7. The number of nitrogens with zero attached hydrogens (tertiary/aromatic N) is 5. The van der Waals surface area contributed by atoms with Crippen LogP contribution < -0.4 is 0 Å². The summed E-state index contributed by atoms with van der Waals surface area (Å²) >= 11 is 1.76. The van der Waals surface area contributed by atoms with Gasteiger partial charge in [0.25, 0.3) is 5.91 Å². The molecule has 3 aromatic rings. The molecule has 0 unspecified atom stereocenters. The third-order valence-corrected chi connectivity index (χ3v) is 6.34. The highest BCUT2D eigenvalue weighted by molar-refractivity contribution is 7.19. The lowest BCUT2D eigenvalue weighted by Gasteiger charge is -2.25. The fourth-order valence-electron chi connectivity index (χ4n) is 3.88. The summed E-state index contributed by atoms with van der Waals surface area (Å²) in [4.78, 5) is 26.1. The Labute approximate surface area is 148 Å². The average molecular weight is 357 g/mol. The highest BCUT2D eigenvalue weighted by atomic mass is 32.1. The molecule has 2 aliphatic rings. The van der Waals surface area contributed by atoms with E-state index in [0.29, 0.717) is 32.2 Å². The zero-order valence-corrected chi connectivity index (χ0v) is 14.9. The molecular weight excluding hydrogens is 338 g/mol. The molecule has 1 amide bonds. The lowest BCUT2D eigenvalue weighted by atomic mass is 9.87. The van der Waals surface area contributed by atoms with Crippen LogP contribution in [0.15, 0.2) is 6.33 Å². The monoisotopic (exact) mass is 357 g/mol. The molecule has 1 saturated heterocycles. The molecule has 8 heteroatoms. The number of hydrogen-bond acceptors (Lipinski definition) is 6. The first kappa shape index (κ1) is 15.2. The van der Waals surface area contributed by atoms with E-state index in [2.05, 4.69) is 22.0 Å². The number of thiophene rings is 1. The number of morpholine rings is 1. The minimum Gasteiger partial charge on any atom is -0.378 e. The van der Waals surface area contributed by atoms with E-state index in [0.717, 1.165) is 22.3 Å². The molecule has 0 aromatic carbocycles. The van der Waals surface area contributed by atoms with Crippen molar-refractivity contribution in [3.63, 3.8) is 0 Å². The van der Waals surface area contributed by atoms with Crippen LogP contribution in [0.2, 0.25) is 0 Å². The summed E-state index contributed by atoms with van der Waals surface area (Å²) in [6.45, 7) is 4.59. The third kappa shape index (κ3) is 2.35. The topological polar surface area (TPSA) is 72.6 Å². The number of amides is 1. The highest BCUT2D eigenvalue weighted by Crippen LogP contribution is 2.42. The molecule has 25 heavy (non-hydrogen) atoms. The number of carbonyl (C=O) groups excluding carboxylic acids is 1. The van der Waals surface area contributed by atoms with Crippen molar-refractivity contribution in [1.82, 2.24) is 24.5 Å². The Morgan fingerprint density at radius 2 is 2.20 bits per heavy atom. The third-order valence-electron chi connectivity index (χ3n) is 5.17. The minimum atomic E-state index is -0.128. The maximum Gasteiger partial charge on any atom is 0.293 e. The molecule has 130 valence electrons. The molecule has 0 bridgehead atoms. The molecule has 1 aliphatic heterocycles. The zero-order valence-electron chi connectivity index (χ0n) is 14.1. The average Bonchev–Trinajstić information content (AvgIpc) is 3.23. The van der Waals surface area contributed by atoms with E-state index in [1.54, 1.807) is 27.1 Å². The first-order chi connectivity index (χ1) is 12.2. The Morgan fingerprint density at radius 1 is 1.36 bits per heavy atom. The summed E-state index contributed by atoms with van der Waals surface area (Å²) in [7, 11) is 0. The van der Waals surface area contributed by atoms with Crippen molar-refractivity contribution in [2.45, 2.75) is 32.1 Å². The van der Waals surface area contributed by atoms with E-state index in [4.69, 9.17) is 4.74 Å². The Hall–Kier alpha value is -2.06. The molecule has 0 N–H and O–H groups in total. The van der Waals surface area contributed by atoms with Gasteiger partial charge in [-0.3, -0.25) is 4.79 Å². The molecule has 3 aromatic heterocycles. The molecular formula is C17H19N5O2S. The van der Waals surface area contributed by atoms with Gasteiger partial charge in [-0.05, 0) is 30.7 Å². The van der Waals surface area contributed by atoms with E-state index >= 15 is 0 Å². The highest BCUT2D eigenvalue weighted by Gasteiger charge is 2.27. The standard InChI is InChI=1S/C17H19N5O2S/c1-10-3-2-4-11-12(10)13-15-19-14(17(23)21-5-7-24-8-6-21)20-22(15)9-18-16(13)25-11/h9-10H,2-8H2,1H3/t10-/m0/s1. The summed E-state index contributed by atoms with van der Waals surface area (Å²) in [6, 6.07) is 0. The van der Waals surface area contributed by atoms with Crippen molar-refractivity contribution in [2.24, 2.45) is 0 Å². The smallest absolute Gasteiger partial charge is 0.293 e. The first-order valence-electron chi connectivity index (χ1n) is 8.76. The Kier molecular flexibility index (Phi) is 3.49. The Bertz CT molecular complexity index is 972. The van der Waals surface area contributed by atoms with Crippen LogP contribution in [0.4, 0.5) is 0 Å². The van der Waals surface area contributed by atoms with Gasteiger partial charge in [0, 0.05) is 18.0 Å².